The van der Waals surface area contributed by atoms with E-state index >= 15 is 0 Å². The van der Waals surface area contributed by atoms with Gasteiger partial charge in [-0.15, -0.1) is 0 Å². The molecule has 0 radical (unpaired) electrons. The molecule has 2 aromatic carbocycles. The third kappa shape index (κ3) is 4.39. The highest BCUT2D eigenvalue weighted by Crippen LogP contribution is 2.40. The van der Waals surface area contributed by atoms with Gasteiger partial charge in [-0.1, -0.05) is 35.9 Å². The molecule has 1 saturated heterocycles. The van der Waals surface area contributed by atoms with E-state index in [0.29, 0.717) is 16.7 Å². The van der Waals surface area contributed by atoms with Crippen molar-refractivity contribution in [3.63, 3.8) is 0 Å². The molecule has 2 atom stereocenters. The van der Waals surface area contributed by atoms with Crippen LogP contribution in [0.15, 0.2) is 42.5 Å². The van der Waals surface area contributed by atoms with Crippen LogP contribution in [0.4, 0.5) is 8.78 Å². The molecule has 15 heteroatoms. The van der Waals surface area contributed by atoms with Gasteiger partial charge in [0.25, 0.3) is 11.8 Å². The van der Waals surface area contributed by atoms with Gasteiger partial charge in [-0.05, 0) is 35.1 Å². The second-order valence-electron chi connectivity index (χ2n) is 10.4. The highest BCUT2D eigenvalue weighted by Gasteiger charge is 2.53. The summed E-state index contributed by atoms with van der Waals surface area (Å²) in [7, 11) is 8.02. The molecule has 2 aliphatic rings. The first-order valence-corrected chi connectivity index (χ1v) is 12.2. The summed E-state index contributed by atoms with van der Waals surface area (Å²) in [4.78, 5) is 53.7. The number of nitrogens with zero attached hydrogens (tertiary/aromatic N) is 2. The third-order valence-electron chi connectivity index (χ3n) is 7.66. The van der Waals surface area contributed by atoms with Gasteiger partial charge in [0.15, 0.2) is 0 Å². The Balaban J connectivity index is 1.59. The largest absolute Gasteiger partial charge is 0.357 e. The molecular weight excluding hydrogens is 498 g/mol. The van der Waals surface area contributed by atoms with E-state index in [2.05, 4.69) is 5.32 Å². The summed E-state index contributed by atoms with van der Waals surface area (Å²) >= 11 is 5.77. The number of carbonyl (C=O) groups excluding carboxylic acids is 4. The molecule has 4 amide bonds. The number of hydrogen-bond donors (Lipinski definition) is 1. The lowest BCUT2D eigenvalue weighted by Gasteiger charge is -2.47. The van der Waals surface area contributed by atoms with Crippen LogP contribution in [0, 0.1) is 0 Å². The molecule has 2 heterocycles. The maximum Gasteiger partial charge on any atom is 0.349 e. The molecule has 2 aromatic rings. The minimum absolute atomic E-state index is 0.113. The summed E-state index contributed by atoms with van der Waals surface area (Å²) < 4.78 is 29.7. The summed E-state index contributed by atoms with van der Waals surface area (Å²) in [5.41, 5.74) is -0.193. The van der Waals surface area contributed by atoms with Crippen molar-refractivity contribution in [1.29, 1.82) is 0 Å². The van der Waals surface area contributed by atoms with E-state index in [4.69, 9.17) is 11.6 Å². The van der Waals surface area contributed by atoms with E-state index in [9.17, 15) is 28.0 Å². The van der Waals surface area contributed by atoms with Crippen molar-refractivity contribution in [2.24, 2.45) is 0 Å². The van der Waals surface area contributed by atoms with Gasteiger partial charge in [0.1, 0.15) is 31.4 Å². The number of alkyl halides is 2. The number of hydrogen-bond acceptors (Lipinski definition) is 4. The van der Waals surface area contributed by atoms with Crippen molar-refractivity contribution in [2.45, 2.75) is 35.5 Å². The molecular formula is C22H23B5ClF2N3O4. The van der Waals surface area contributed by atoms with Crippen molar-refractivity contribution < 1.29 is 28.0 Å². The van der Waals surface area contributed by atoms with Crippen LogP contribution in [0.2, 0.25) is 10.8 Å². The van der Waals surface area contributed by atoms with Crippen LogP contribution in [-0.4, -0.2) is 78.1 Å². The predicted molar refractivity (Wildman–Crippen MR) is 147 cm³/mol. The Labute approximate surface area is 222 Å². The van der Waals surface area contributed by atoms with Gasteiger partial charge < -0.3 is 15.0 Å². The Kier molecular flexibility index (Phi) is 6.63. The van der Waals surface area contributed by atoms with Crippen LogP contribution in [0.3, 0.4) is 0 Å². The molecule has 186 valence electrons. The minimum atomic E-state index is -3.79. The van der Waals surface area contributed by atoms with Crippen molar-refractivity contribution in [2.75, 3.05) is 0 Å². The number of piperidine rings is 1. The molecule has 0 aromatic heterocycles. The average molecular weight is 521 g/mol. The first-order valence-electron chi connectivity index (χ1n) is 11.8. The van der Waals surface area contributed by atoms with E-state index in [1.54, 1.807) is 49.6 Å². The van der Waals surface area contributed by atoms with Crippen LogP contribution < -0.4 is 5.32 Å². The fourth-order valence-corrected chi connectivity index (χ4v) is 5.08. The normalized spacial score (nSPS) is 22.2. The van der Waals surface area contributed by atoms with Crippen LogP contribution in [0.5, 0.6) is 0 Å². The highest BCUT2D eigenvalue weighted by molar-refractivity contribution is 6.43. The van der Waals surface area contributed by atoms with E-state index in [1.807, 2.05) is 0 Å². The highest BCUT2D eigenvalue weighted by atomic mass is 35.5. The number of nitrogens with one attached hydrogen (secondary N) is 1. The summed E-state index contributed by atoms with van der Waals surface area (Å²) in [6, 6.07) is 9.65. The van der Waals surface area contributed by atoms with Crippen molar-refractivity contribution >= 4 is 74.6 Å². The minimum Gasteiger partial charge on any atom is -0.357 e. The van der Waals surface area contributed by atoms with Gasteiger partial charge in [-0.25, -0.2) is 0 Å². The lowest BCUT2D eigenvalue weighted by Crippen LogP contribution is -2.66. The van der Waals surface area contributed by atoms with Crippen LogP contribution in [0.25, 0.3) is 0 Å². The zero-order chi connectivity index (χ0) is 27.5. The molecule has 37 heavy (non-hydrogen) atoms. The number of fused-ring (bicyclic) bond motifs is 1. The first-order chi connectivity index (χ1) is 17.1. The van der Waals surface area contributed by atoms with E-state index in [0.717, 1.165) is 16.9 Å². The van der Waals surface area contributed by atoms with Gasteiger partial charge in [0.05, 0.1) is 5.44 Å². The van der Waals surface area contributed by atoms with Crippen molar-refractivity contribution in [1.82, 2.24) is 15.0 Å². The van der Waals surface area contributed by atoms with Crippen LogP contribution >= 0.6 is 11.6 Å². The standard InChI is InChI=1S/C22H23B5ClF2N3O4/c23-15-8-16(34)33(27)19(37)20(15,24)32-9-10-7-12(3-6-14(10)17(32)35)22(25,26)31-18(36)21(29,30)11-1-4-13(28)5-2-11/h1-7,15H,8-9,23-27H2,(H,31,36). The lowest BCUT2D eigenvalue weighted by atomic mass is 9.55. The Morgan fingerprint density at radius 1 is 1.08 bits per heavy atom. The second kappa shape index (κ2) is 9.08. The number of benzene rings is 2. The molecule has 1 fully saturated rings. The molecule has 7 nitrogen and oxygen atoms in total. The maximum absolute atomic E-state index is 14.9. The molecule has 2 aliphatic heterocycles. The zero-order valence-corrected chi connectivity index (χ0v) is 22.0. The topological polar surface area (TPSA) is 86.8 Å². The summed E-state index contributed by atoms with van der Waals surface area (Å²) in [6.45, 7) is 0.113. The number of rotatable bonds is 5. The molecule has 0 saturated carbocycles. The molecule has 2 unspecified atom stereocenters. The first kappa shape index (κ1) is 27.0. The van der Waals surface area contributed by atoms with E-state index in [1.165, 1.54) is 25.0 Å². The van der Waals surface area contributed by atoms with Gasteiger partial charge in [0.2, 0.25) is 19.8 Å². The summed E-state index contributed by atoms with van der Waals surface area (Å²) in [6.07, 6.45) is 0.130. The van der Waals surface area contributed by atoms with E-state index < -0.39 is 39.9 Å². The van der Waals surface area contributed by atoms with Gasteiger partial charge in [0, 0.05) is 34.5 Å². The molecule has 4 rings (SSSR count). The van der Waals surface area contributed by atoms with Gasteiger partial charge >= 0.3 is 5.92 Å². The summed E-state index contributed by atoms with van der Waals surface area (Å²) in [5.74, 6) is -6.75. The van der Waals surface area contributed by atoms with Crippen LogP contribution in [0.1, 0.15) is 33.5 Å². The smallest absolute Gasteiger partial charge is 0.349 e. The number of imide groups is 1. The monoisotopic (exact) mass is 521 g/mol. The SMILES string of the molecule is BC1CC(=O)N(B)C(=O)C1(B)N1Cc2cc(C(B)(B)NC(=O)C(F)(F)c3ccc(Cl)cc3)ccc2C1=O. The molecule has 0 bridgehead atoms. The predicted octanol–water partition coefficient (Wildman–Crippen LogP) is -2.36. The number of carbonyl (C=O) groups is 4. The quantitative estimate of drug-likeness (QED) is 0.353. The second-order valence-corrected chi connectivity index (χ2v) is 10.9. The molecule has 0 spiro atoms. The number of amides is 4. The lowest BCUT2D eigenvalue weighted by molar-refractivity contribution is -0.148. The Morgan fingerprint density at radius 2 is 1.68 bits per heavy atom. The number of halogens is 3. The zero-order valence-electron chi connectivity index (χ0n) is 21.2. The van der Waals surface area contributed by atoms with Crippen molar-refractivity contribution in [3.05, 3.63) is 69.7 Å². The molecule has 1 N–H and O–H groups in total. The molecule has 0 aliphatic carbocycles. The Hall–Kier alpha value is -3.01. The van der Waals surface area contributed by atoms with Crippen LogP contribution in [-0.2, 0) is 32.2 Å². The average Bonchev–Trinajstić information content (AvgIpc) is 3.17. The van der Waals surface area contributed by atoms with Gasteiger partial charge in [-0.3, -0.25) is 19.2 Å². The maximum atomic E-state index is 14.9. The Morgan fingerprint density at radius 3 is 2.30 bits per heavy atom. The fraction of sp³-hybridized carbons (Fsp3) is 0.273. The van der Waals surface area contributed by atoms with Crippen molar-refractivity contribution in [3.8, 4) is 0 Å². The third-order valence-corrected chi connectivity index (χ3v) is 7.91. The summed E-state index contributed by atoms with van der Waals surface area (Å²) in [5, 5.41) is 1.49. The van der Waals surface area contributed by atoms with Gasteiger partial charge in [-0.2, -0.15) is 8.78 Å². The fourth-order valence-electron chi connectivity index (χ4n) is 4.95. The Bertz CT molecular complexity index is 1330. The van der Waals surface area contributed by atoms with E-state index in [-0.39, 0.29) is 29.8 Å².